The Hall–Kier alpha value is -2.40. The van der Waals surface area contributed by atoms with Crippen molar-refractivity contribution in [2.75, 3.05) is 5.32 Å². The highest BCUT2D eigenvalue weighted by Crippen LogP contribution is 2.09. The van der Waals surface area contributed by atoms with Crippen molar-refractivity contribution in [2.45, 2.75) is 13.2 Å². The third-order valence-corrected chi connectivity index (χ3v) is 2.65. The minimum Gasteiger partial charge on any atom is -0.477 e. The van der Waals surface area contributed by atoms with E-state index in [1.54, 1.807) is 12.1 Å². The summed E-state index contributed by atoms with van der Waals surface area (Å²) in [4.78, 5) is 14.8. The summed E-state index contributed by atoms with van der Waals surface area (Å²) < 4.78 is 0. The van der Waals surface area contributed by atoms with Crippen molar-refractivity contribution in [3.8, 4) is 0 Å². The summed E-state index contributed by atoms with van der Waals surface area (Å²) in [5.41, 5.74) is 1.90. The Kier molecular flexibility index (Phi) is 4.10. The van der Waals surface area contributed by atoms with Crippen LogP contribution in [0.3, 0.4) is 0 Å². The number of rotatable bonds is 5. The summed E-state index contributed by atoms with van der Waals surface area (Å²) in [7, 11) is 0. The number of nitrogens with zero attached hydrogens (tertiary/aromatic N) is 1. The molecule has 0 spiro atoms. The van der Waals surface area contributed by atoms with Crippen molar-refractivity contribution in [3.63, 3.8) is 0 Å². The summed E-state index contributed by atoms with van der Waals surface area (Å²) in [6.07, 6.45) is 0. The molecule has 98 valence electrons. The number of aromatic nitrogens is 1. The summed E-state index contributed by atoms with van der Waals surface area (Å²) >= 11 is 0. The molecule has 0 saturated carbocycles. The first-order valence-electron chi connectivity index (χ1n) is 5.82. The van der Waals surface area contributed by atoms with Crippen molar-refractivity contribution in [1.82, 2.24) is 4.98 Å². The smallest absolute Gasteiger partial charge is 0.354 e. The molecule has 0 aliphatic carbocycles. The van der Waals surface area contributed by atoms with E-state index in [2.05, 4.69) is 10.3 Å². The predicted octanol–water partition coefficient (Wildman–Crippen LogP) is 1.88. The van der Waals surface area contributed by atoms with E-state index in [0.29, 0.717) is 12.4 Å². The average molecular weight is 258 g/mol. The Labute approximate surface area is 110 Å². The molecule has 0 radical (unpaired) electrons. The van der Waals surface area contributed by atoms with Gasteiger partial charge in [0.25, 0.3) is 0 Å². The summed E-state index contributed by atoms with van der Waals surface area (Å²) in [6.45, 7) is 0.567. The SMILES string of the molecule is O=C(O)c1cccc(NCc2ccc(CO)cc2)n1. The van der Waals surface area contributed by atoms with Gasteiger partial charge in [-0.15, -0.1) is 0 Å². The van der Waals surface area contributed by atoms with Crippen molar-refractivity contribution < 1.29 is 15.0 Å². The van der Waals surface area contributed by atoms with Crippen LogP contribution in [0.5, 0.6) is 0 Å². The summed E-state index contributed by atoms with van der Waals surface area (Å²) in [6, 6.07) is 12.3. The van der Waals surface area contributed by atoms with Gasteiger partial charge in [0, 0.05) is 6.54 Å². The maximum absolute atomic E-state index is 10.8. The number of carboxylic acid groups (broad SMARTS) is 1. The molecule has 3 N–H and O–H groups in total. The zero-order chi connectivity index (χ0) is 13.7. The van der Waals surface area contributed by atoms with E-state index < -0.39 is 5.97 Å². The Morgan fingerprint density at radius 2 is 1.79 bits per heavy atom. The van der Waals surface area contributed by atoms with Gasteiger partial charge in [-0.25, -0.2) is 9.78 Å². The van der Waals surface area contributed by atoms with Crippen molar-refractivity contribution in [2.24, 2.45) is 0 Å². The second-order valence-electron chi connectivity index (χ2n) is 4.04. The number of hydrogen-bond donors (Lipinski definition) is 3. The second-order valence-corrected chi connectivity index (χ2v) is 4.04. The van der Waals surface area contributed by atoms with Crippen molar-refractivity contribution in [3.05, 3.63) is 59.3 Å². The van der Waals surface area contributed by atoms with E-state index in [1.807, 2.05) is 24.3 Å². The van der Waals surface area contributed by atoms with Crippen LogP contribution in [0.25, 0.3) is 0 Å². The highest BCUT2D eigenvalue weighted by Gasteiger charge is 2.04. The number of aliphatic hydroxyl groups excluding tert-OH is 1. The van der Waals surface area contributed by atoms with E-state index in [1.165, 1.54) is 6.07 Å². The Balaban J connectivity index is 2.01. The van der Waals surface area contributed by atoms with Crippen LogP contribution < -0.4 is 5.32 Å². The number of benzene rings is 1. The molecule has 0 aliphatic rings. The fourth-order valence-electron chi connectivity index (χ4n) is 1.61. The van der Waals surface area contributed by atoms with Crippen LogP contribution in [0.1, 0.15) is 21.6 Å². The largest absolute Gasteiger partial charge is 0.477 e. The van der Waals surface area contributed by atoms with Gasteiger partial charge in [0.05, 0.1) is 6.61 Å². The summed E-state index contributed by atoms with van der Waals surface area (Å²) in [5, 5.41) is 20.8. The molecule has 1 heterocycles. The number of nitrogens with one attached hydrogen (secondary N) is 1. The molecule has 0 amide bonds. The van der Waals surface area contributed by atoms with Crippen LogP contribution in [-0.2, 0) is 13.2 Å². The van der Waals surface area contributed by atoms with Crippen LogP contribution in [0, 0.1) is 0 Å². The van der Waals surface area contributed by atoms with Gasteiger partial charge in [-0.2, -0.15) is 0 Å². The number of anilines is 1. The van der Waals surface area contributed by atoms with Crippen LogP contribution >= 0.6 is 0 Å². The average Bonchev–Trinajstić information content (AvgIpc) is 2.46. The highest BCUT2D eigenvalue weighted by atomic mass is 16.4. The first-order valence-corrected chi connectivity index (χ1v) is 5.82. The van der Waals surface area contributed by atoms with E-state index in [-0.39, 0.29) is 12.3 Å². The number of aliphatic hydroxyl groups is 1. The Morgan fingerprint density at radius 3 is 2.42 bits per heavy atom. The molecule has 2 aromatic rings. The van der Waals surface area contributed by atoms with Crippen LogP contribution in [-0.4, -0.2) is 21.2 Å². The molecule has 1 aromatic heterocycles. The lowest BCUT2D eigenvalue weighted by Gasteiger charge is -2.06. The maximum atomic E-state index is 10.8. The van der Waals surface area contributed by atoms with Gasteiger partial charge in [0.15, 0.2) is 5.69 Å². The lowest BCUT2D eigenvalue weighted by atomic mass is 10.1. The lowest BCUT2D eigenvalue weighted by molar-refractivity contribution is 0.0690. The predicted molar refractivity (Wildman–Crippen MR) is 70.9 cm³/mol. The van der Waals surface area contributed by atoms with Gasteiger partial charge in [0.1, 0.15) is 5.82 Å². The monoisotopic (exact) mass is 258 g/mol. The van der Waals surface area contributed by atoms with Gasteiger partial charge in [-0.3, -0.25) is 0 Å². The van der Waals surface area contributed by atoms with E-state index in [0.717, 1.165) is 11.1 Å². The molecule has 0 saturated heterocycles. The van der Waals surface area contributed by atoms with Crippen LogP contribution in [0.2, 0.25) is 0 Å². The maximum Gasteiger partial charge on any atom is 0.354 e. The first-order chi connectivity index (χ1) is 9.19. The third kappa shape index (κ3) is 3.53. The fraction of sp³-hybridized carbons (Fsp3) is 0.143. The van der Waals surface area contributed by atoms with E-state index in [9.17, 15) is 4.79 Å². The molecule has 5 nitrogen and oxygen atoms in total. The molecule has 19 heavy (non-hydrogen) atoms. The Morgan fingerprint density at radius 1 is 1.11 bits per heavy atom. The quantitative estimate of drug-likeness (QED) is 0.762. The number of carboxylic acids is 1. The molecule has 0 fully saturated rings. The number of hydrogen-bond acceptors (Lipinski definition) is 4. The molecular weight excluding hydrogens is 244 g/mol. The number of aromatic carboxylic acids is 1. The van der Waals surface area contributed by atoms with Gasteiger partial charge in [0.2, 0.25) is 0 Å². The normalized spacial score (nSPS) is 10.2. The number of pyridine rings is 1. The topological polar surface area (TPSA) is 82.5 Å². The van der Waals surface area contributed by atoms with Crippen molar-refractivity contribution in [1.29, 1.82) is 0 Å². The zero-order valence-electron chi connectivity index (χ0n) is 10.2. The molecule has 2 rings (SSSR count). The molecule has 0 aliphatic heterocycles. The minimum atomic E-state index is -1.05. The van der Waals surface area contributed by atoms with E-state index in [4.69, 9.17) is 10.2 Å². The van der Waals surface area contributed by atoms with Gasteiger partial charge in [-0.1, -0.05) is 30.3 Å². The summed E-state index contributed by atoms with van der Waals surface area (Å²) in [5.74, 6) is -0.526. The number of carbonyl (C=O) groups is 1. The minimum absolute atomic E-state index is 0.0145. The molecule has 5 heteroatoms. The molecule has 1 aromatic carbocycles. The third-order valence-electron chi connectivity index (χ3n) is 2.65. The molecule has 0 unspecified atom stereocenters. The van der Waals surface area contributed by atoms with Gasteiger partial charge < -0.3 is 15.5 Å². The molecule has 0 atom stereocenters. The Bertz CT molecular complexity index is 567. The highest BCUT2D eigenvalue weighted by molar-refractivity contribution is 5.85. The van der Waals surface area contributed by atoms with Gasteiger partial charge >= 0.3 is 5.97 Å². The first kappa shape index (κ1) is 13.0. The molecular formula is C14H14N2O3. The van der Waals surface area contributed by atoms with Crippen LogP contribution in [0.4, 0.5) is 5.82 Å². The van der Waals surface area contributed by atoms with Crippen molar-refractivity contribution >= 4 is 11.8 Å². The molecule has 0 bridgehead atoms. The zero-order valence-corrected chi connectivity index (χ0v) is 10.2. The standard InChI is InChI=1S/C14H14N2O3/c17-9-11-6-4-10(5-7-11)8-15-13-3-1-2-12(16-13)14(18)19/h1-7,17H,8-9H2,(H,15,16)(H,18,19). The van der Waals surface area contributed by atoms with E-state index >= 15 is 0 Å². The fourth-order valence-corrected chi connectivity index (χ4v) is 1.61. The second kappa shape index (κ2) is 5.97. The van der Waals surface area contributed by atoms with Gasteiger partial charge in [-0.05, 0) is 23.3 Å². The van der Waals surface area contributed by atoms with Crippen LogP contribution in [0.15, 0.2) is 42.5 Å². The lowest BCUT2D eigenvalue weighted by Crippen LogP contribution is -2.05.